The highest BCUT2D eigenvalue weighted by Gasteiger charge is 2.24. The molecule has 1 aliphatic rings. The molecular weight excluding hydrogens is 426 g/mol. The summed E-state index contributed by atoms with van der Waals surface area (Å²) in [6, 6.07) is 24.8. The maximum Gasteiger partial charge on any atom is 0.253 e. The van der Waals surface area contributed by atoms with E-state index in [9.17, 15) is 9.59 Å². The Morgan fingerprint density at radius 2 is 1.53 bits per heavy atom. The van der Waals surface area contributed by atoms with Crippen molar-refractivity contribution in [3.63, 3.8) is 0 Å². The van der Waals surface area contributed by atoms with E-state index in [4.69, 9.17) is 4.74 Å². The first kappa shape index (κ1) is 23.4. The number of amides is 2. The highest BCUT2D eigenvalue weighted by molar-refractivity contribution is 6.00. The normalized spacial score (nSPS) is 14.8. The second kappa shape index (κ2) is 10.9. The Labute approximate surface area is 200 Å². The van der Waals surface area contributed by atoms with Crippen LogP contribution in [0.25, 0.3) is 0 Å². The van der Waals surface area contributed by atoms with Crippen LogP contribution in [0.2, 0.25) is 0 Å². The molecular formula is C28H31N3O3. The van der Waals surface area contributed by atoms with Crippen LogP contribution in [0.1, 0.15) is 52.1 Å². The van der Waals surface area contributed by atoms with Gasteiger partial charge in [-0.25, -0.2) is 0 Å². The van der Waals surface area contributed by atoms with E-state index in [-0.39, 0.29) is 23.9 Å². The lowest BCUT2D eigenvalue weighted by Gasteiger charge is -2.35. The van der Waals surface area contributed by atoms with Gasteiger partial charge in [0.05, 0.1) is 18.7 Å². The third-order valence-corrected chi connectivity index (χ3v) is 6.32. The van der Waals surface area contributed by atoms with Crippen LogP contribution < -0.4 is 20.3 Å². The number of piperidine rings is 1. The second-order valence-corrected chi connectivity index (χ2v) is 8.59. The summed E-state index contributed by atoms with van der Waals surface area (Å²) >= 11 is 0. The molecule has 0 saturated carbocycles. The van der Waals surface area contributed by atoms with Gasteiger partial charge in [0.25, 0.3) is 11.8 Å². The molecule has 6 nitrogen and oxygen atoms in total. The van der Waals surface area contributed by atoms with E-state index in [2.05, 4.69) is 15.5 Å². The molecule has 34 heavy (non-hydrogen) atoms. The van der Waals surface area contributed by atoms with Crippen LogP contribution in [0.15, 0.2) is 78.9 Å². The smallest absolute Gasteiger partial charge is 0.253 e. The molecule has 1 aliphatic heterocycles. The predicted octanol–water partition coefficient (Wildman–Crippen LogP) is 4.59. The van der Waals surface area contributed by atoms with Gasteiger partial charge in [-0.1, -0.05) is 42.5 Å². The van der Waals surface area contributed by atoms with Crippen molar-refractivity contribution >= 4 is 17.5 Å². The van der Waals surface area contributed by atoms with Gasteiger partial charge >= 0.3 is 0 Å². The number of carbonyl (C=O) groups excluding carboxylic acids is 2. The molecule has 6 heteroatoms. The van der Waals surface area contributed by atoms with Gasteiger partial charge in [0, 0.05) is 30.4 Å². The number of benzene rings is 3. The molecule has 0 bridgehead atoms. The highest BCUT2D eigenvalue weighted by Crippen LogP contribution is 2.25. The first-order valence-corrected chi connectivity index (χ1v) is 11.7. The quantitative estimate of drug-likeness (QED) is 0.545. The maximum atomic E-state index is 13.1. The summed E-state index contributed by atoms with van der Waals surface area (Å²) in [4.78, 5) is 27.9. The van der Waals surface area contributed by atoms with Gasteiger partial charge in [-0.3, -0.25) is 9.59 Å². The number of carbonyl (C=O) groups is 2. The third kappa shape index (κ3) is 5.57. The fourth-order valence-corrected chi connectivity index (χ4v) is 4.32. The number of hydrogen-bond donors (Lipinski definition) is 2. The Hall–Kier alpha value is -3.80. The molecule has 0 radical (unpaired) electrons. The summed E-state index contributed by atoms with van der Waals surface area (Å²) in [6.45, 7) is 3.53. The summed E-state index contributed by atoms with van der Waals surface area (Å²) in [5.41, 5.74) is 3.30. The lowest BCUT2D eigenvalue weighted by Crippen LogP contribution is -2.45. The molecule has 3 aromatic rings. The summed E-state index contributed by atoms with van der Waals surface area (Å²) in [5, 5.41) is 6.26. The van der Waals surface area contributed by atoms with Gasteiger partial charge in [-0.2, -0.15) is 0 Å². The zero-order valence-electron chi connectivity index (χ0n) is 19.7. The topological polar surface area (TPSA) is 70.7 Å². The van der Waals surface area contributed by atoms with Crippen LogP contribution in [0.3, 0.4) is 0 Å². The predicted molar refractivity (Wildman–Crippen MR) is 134 cm³/mol. The Balaban J connectivity index is 1.36. The van der Waals surface area contributed by atoms with Gasteiger partial charge in [-0.05, 0) is 61.7 Å². The van der Waals surface area contributed by atoms with Gasteiger partial charge in [0.1, 0.15) is 5.75 Å². The zero-order chi connectivity index (χ0) is 23.9. The van der Waals surface area contributed by atoms with Crippen molar-refractivity contribution in [2.45, 2.75) is 31.8 Å². The van der Waals surface area contributed by atoms with Crippen molar-refractivity contribution < 1.29 is 14.3 Å². The Morgan fingerprint density at radius 3 is 2.21 bits per heavy atom. The Morgan fingerprint density at radius 1 is 0.882 bits per heavy atom. The zero-order valence-corrected chi connectivity index (χ0v) is 19.7. The van der Waals surface area contributed by atoms with E-state index < -0.39 is 0 Å². The molecule has 1 fully saturated rings. The fraction of sp³-hybridized carbons (Fsp3) is 0.286. The maximum absolute atomic E-state index is 13.1. The van der Waals surface area contributed by atoms with E-state index >= 15 is 0 Å². The summed E-state index contributed by atoms with van der Waals surface area (Å²) in [6.07, 6.45) is 1.64. The minimum absolute atomic E-state index is 0.0734. The van der Waals surface area contributed by atoms with E-state index in [0.29, 0.717) is 11.1 Å². The molecule has 1 heterocycles. The van der Waals surface area contributed by atoms with E-state index in [1.54, 1.807) is 31.4 Å². The number of hydrogen-bond acceptors (Lipinski definition) is 4. The fourth-order valence-electron chi connectivity index (χ4n) is 4.32. The summed E-state index contributed by atoms with van der Waals surface area (Å²) in [5.74, 6) is 0.573. The Kier molecular flexibility index (Phi) is 7.48. The monoisotopic (exact) mass is 457 g/mol. The number of methoxy groups -OCH3 is 1. The molecule has 4 rings (SSSR count). The number of nitrogens with one attached hydrogen (secondary N) is 2. The van der Waals surface area contributed by atoms with Gasteiger partial charge in [0.2, 0.25) is 0 Å². The molecule has 0 aliphatic carbocycles. The summed E-state index contributed by atoms with van der Waals surface area (Å²) in [7, 11) is 1.61. The SMILES string of the molecule is COc1ccc(C(=O)NC2CCN(c3ccccc3C(=O)NC(C)c3ccccc3)CC2)cc1. The highest BCUT2D eigenvalue weighted by atomic mass is 16.5. The molecule has 3 aromatic carbocycles. The van der Waals surface area contributed by atoms with Crippen LogP contribution in [-0.2, 0) is 0 Å². The molecule has 176 valence electrons. The first-order chi connectivity index (χ1) is 16.5. The van der Waals surface area contributed by atoms with Crippen LogP contribution in [-0.4, -0.2) is 38.1 Å². The van der Waals surface area contributed by atoms with Crippen LogP contribution in [0.4, 0.5) is 5.69 Å². The Bertz CT molecular complexity index is 1110. The standard InChI is InChI=1S/C28H31N3O3/c1-20(21-8-4-3-5-9-21)29-28(33)25-10-6-7-11-26(25)31-18-16-23(17-19-31)30-27(32)22-12-14-24(34-2)15-13-22/h3-15,20,23H,16-19H2,1-2H3,(H,29,33)(H,30,32). The van der Waals surface area contributed by atoms with Crippen LogP contribution >= 0.6 is 0 Å². The van der Waals surface area contributed by atoms with Crippen LogP contribution in [0, 0.1) is 0 Å². The molecule has 0 spiro atoms. The van der Waals surface area contributed by atoms with E-state index in [1.165, 1.54) is 0 Å². The number of nitrogens with zero attached hydrogens (tertiary/aromatic N) is 1. The molecule has 1 unspecified atom stereocenters. The lowest BCUT2D eigenvalue weighted by molar-refractivity contribution is 0.0928. The molecule has 1 saturated heterocycles. The lowest BCUT2D eigenvalue weighted by atomic mass is 10.0. The molecule has 2 amide bonds. The van der Waals surface area contributed by atoms with Crippen molar-refractivity contribution in [3.8, 4) is 5.75 Å². The van der Waals surface area contributed by atoms with Crippen molar-refractivity contribution in [3.05, 3.63) is 95.6 Å². The van der Waals surface area contributed by atoms with E-state index in [1.807, 2.05) is 61.5 Å². The van der Waals surface area contributed by atoms with Gasteiger partial charge in [0.15, 0.2) is 0 Å². The van der Waals surface area contributed by atoms with Crippen molar-refractivity contribution in [2.24, 2.45) is 0 Å². The van der Waals surface area contributed by atoms with Crippen molar-refractivity contribution in [1.29, 1.82) is 0 Å². The molecule has 1 atom stereocenters. The van der Waals surface area contributed by atoms with Gasteiger partial charge < -0.3 is 20.3 Å². The average molecular weight is 458 g/mol. The number of ether oxygens (including phenoxy) is 1. The first-order valence-electron chi connectivity index (χ1n) is 11.7. The third-order valence-electron chi connectivity index (χ3n) is 6.32. The van der Waals surface area contributed by atoms with Crippen molar-refractivity contribution in [1.82, 2.24) is 10.6 Å². The number of para-hydroxylation sites is 1. The van der Waals surface area contributed by atoms with Gasteiger partial charge in [-0.15, -0.1) is 0 Å². The van der Waals surface area contributed by atoms with Crippen LogP contribution in [0.5, 0.6) is 5.75 Å². The van der Waals surface area contributed by atoms with Crippen molar-refractivity contribution in [2.75, 3.05) is 25.1 Å². The minimum atomic E-state index is -0.0827. The number of rotatable bonds is 7. The summed E-state index contributed by atoms with van der Waals surface area (Å²) < 4.78 is 5.16. The molecule has 0 aromatic heterocycles. The number of anilines is 1. The minimum Gasteiger partial charge on any atom is -0.497 e. The molecule has 2 N–H and O–H groups in total. The second-order valence-electron chi connectivity index (χ2n) is 8.59. The van der Waals surface area contributed by atoms with E-state index in [0.717, 1.165) is 42.9 Å². The largest absolute Gasteiger partial charge is 0.497 e. The average Bonchev–Trinajstić information content (AvgIpc) is 2.89.